The second-order valence-corrected chi connectivity index (χ2v) is 18.6. The van der Waals surface area contributed by atoms with Gasteiger partial charge in [-0.15, -0.1) is 11.3 Å². The number of nitrogens with zero attached hydrogens (tertiary/aromatic N) is 3. The fourth-order valence-electron chi connectivity index (χ4n) is 7.26. The van der Waals surface area contributed by atoms with Gasteiger partial charge in [0.05, 0.1) is 28.1 Å². The Balaban J connectivity index is 0.000000181. The molecule has 2 aliphatic heterocycles. The van der Waals surface area contributed by atoms with Crippen LogP contribution in [0.15, 0.2) is 78.2 Å². The number of aryl methyl sites for hydroxylation is 2. The van der Waals surface area contributed by atoms with Crippen molar-refractivity contribution in [1.82, 2.24) is 14.8 Å². The number of hydrogen-bond donors (Lipinski definition) is 1. The van der Waals surface area contributed by atoms with E-state index in [0.29, 0.717) is 16.9 Å². The van der Waals surface area contributed by atoms with E-state index in [4.69, 9.17) is 32.4 Å². The van der Waals surface area contributed by atoms with Gasteiger partial charge >= 0.3 is 12.2 Å². The number of thiocarbonyl (C=S) groups is 1. The molecule has 0 bridgehead atoms. The first-order chi connectivity index (χ1) is 27.4. The second kappa shape index (κ2) is 19.1. The highest BCUT2D eigenvalue weighted by molar-refractivity contribution is 9.09. The van der Waals surface area contributed by atoms with Crippen LogP contribution in [0.2, 0.25) is 0 Å². The lowest BCUT2D eigenvalue weighted by molar-refractivity contribution is 0.0221. The van der Waals surface area contributed by atoms with Crippen LogP contribution in [0.4, 0.5) is 9.59 Å². The molecule has 2 fully saturated rings. The van der Waals surface area contributed by atoms with Gasteiger partial charge in [-0.25, -0.2) is 14.6 Å². The number of Topliss-reactive ketones (excluding diaryl/α,β-unsaturated/α-hetero) is 1. The molecule has 4 aromatic carbocycles. The van der Waals surface area contributed by atoms with Crippen molar-refractivity contribution in [2.24, 2.45) is 5.73 Å². The summed E-state index contributed by atoms with van der Waals surface area (Å²) >= 11 is 9.78. The van der Waals surface area contributed by atoms with Crippen molar-refractivity contribution < 1.29 is 23.9 Å². The molecule has 2 N–H and O–H groups in total. The zero-order valence-corrected chi connectivity index (χ0v) is 38.0. The Bertz CT molecular complexity index is 2280. The van der Waals surface area contributed by atoms with Crippen LogP contribution in [0.25, 0.3) is 32.8 Å². The van der Waals surface area contributed by atoms with E-state index in [2.05, 4.69) is 70.7 Å². The summed E-state index contributed by atoms with van der Waals surface area (Å²) in [5.41, 5.74) is 9.88. The lowest BCUT2D eigenvalue weighted by Gasteiger charge is -2.27. The predicted molar refractivity (Wildman–Crippen MR) is 244 cm³/mol. The third-order valence-corrected chi connectivity index (χ3v) is 11.6. The Morgan fingerprint density at radius 1 is 0.793 bits per heavy atom. The minimum absolute atomic E-state index is 0.00359. The number of aromatic nitrogens is 1. The average Bonchev–Trinajstić information content (AvgIpc) is 3.95. The Hall–Kier alpha value is -4.39. The third-order valence-electron chi connectivity index (χ3n) is 9.83. The standard InChI is InChI=1S/C23H26N2O2S.C13H11BrO.C10H18N2O2S/c1-15-11-12-16-8-5-6-9-17(16)20(15)18-14-28-21(24-18)19-10-7-13-25(19)22(26)27-23(2,3)4;1-9-6-7-10-4-2-3-5-11(10)13(9)12(15)8-14;1-10(2,3)14-9(13)12-6-4-5-7(12)8(11)15/h5-6,8-9,11-12,14,19H,7,10,13H2,1-4H3;2-7H,8H2,1H3;7H,4-6H2,1-3H3,(H2,11,15)/t19-;;7-/m0.0/s1. The van der Waals surface area contributed by atoms with Gasteiger partial charge in [0, 0.05) is 29.6 Å². The van der Waals surface area contributed by atoms with Gasteiger partial charge in [0.1, 0.15) is 16.2 Å². The number of hydrogen-bond acceptors (Lipinski definition) is 8. The Labute approximate surface area is 360 Å². The molecular formula is C46H55BrN4O5S2. The third kappa shape index (κ3) is 11.2. The Morgan fingerprint density at radius 3 is 1.93 bits per heavy atom. The summed E-state index contributed by atoms with van der Waals surface area (Å²) in [4.78, 5) is 45.0. The van der Waals surface area contributed by atoms with Crippen molar-refractivity contribution in [3.8, 4) is 11.3 Å². The molecule has 2 saturated heterocycles. The number of carbonyl (C=O) groups is 3. The monoisotopic (exact) mass is 886 g/mol. The van der Waals surface area contributed by atoms with Crippen LogP contribution in [0.3, 0.4) is 0 Å². The lowest BCUT2D eigenvalue weighted by atomic mass is 9.97. The van der Waals surface area contributed by atoms with Crippen LogP contribution in [-0.2, 0) is 9.47 Å². The van der Waals surface area contributed by atoms with Crippen LogP contribution >= 0.6 is 39.5 Å². The maximum atomic E-state index is 12.6. The molecule has 58 heavy (non-hydrogen) atoms. The van der Waals surface area contributed by atoms with Crippen LogP contribution in [0.1, 0.15) is 99.8 Å². The molecule has 7 rings (SSSR count). The Morgan fingerprint density at radius 2 is 1.33 bits per heavy atom. The largest absolute Gasteiger partial charge is 0.444 e. The van der Waals surface area contributed by atoms with Gasteiger partial charge in [-0.05, 0) is 114 Å². The highest BCUT2D eigenvalue weighted by atomic mass is 79.9. The molecule has 0 aliphatic carbocycles. The molecule has 5 aromatic rings. The minimum Gasteiger partial charge on any atom is -0.444 e. The van der Waals surface area contributed by atoms with E-state index in [-0.39, 0.29) is 30.1 Å². The number of fused-ring (bicyclic) bond motifs is 2. The minimum atomic E-state index is -0.488. The molecule has 0 unspecified atom stereocenters. The number of thiazole rings is 1. The fraction of sp³-hybridized carbons (Fsp3) is 0.413. The van der Waals surface area contributed by atoms with Gasteiger partial charge < -0.3 is 15.2 Å². The van der Waals surface area contributed by atoms with Gasteiger partial charge in [-0.1, -0.05) is 101 Å². The lowest BCUT2D eigenvalue weighted by Crippen LogP contribution is -2.45. The van der Waals surface area contributed by atoms with Crippen LogP contribution in [-0.4, -0.2) is 73.4 Å². The number of benzene rings is 4. The number of halogens is 1. The number of nitrogens with two attached hydrogens (primary N) is 1. The summed E-state index contributed by atoms with van der Waals surface area (Å²) in [5, 5.41) is 8.08. The maximum absolute atomic E-state index is 12.6. The van der Waals surface area contributed by atoms with Crippen molar-refractivity contribution in [2.75, 3.05) is 18.4 Å². The number of rotatable bonds is 5. The van der Waals surface area contributed by atoms with Gasteiger partial charge in [-0.3, -0.25) is 14.6 Å². The number of alkyl halides is 1. The molecule has 0 radical (unpaired) electrons. The summed E-state index contributed by atoms with van der Waals surface area (Å²) in [6.07, 6.45) is 3.12. The number of likely N-dealkylation sites (tertiary alicyclic amines) is 2. The van der Waals surface area contributed by atoms with E-state index in [1.54, 1.807) is 16.2 Å². The predicted octanol–water partition coefficient (Wildman–Crippen LogP) is 11.7. The van der Waals surface area contributed by atoms with E-state index in [1.165, 1.54) is 21.9 Å². The number of carbonyl (C=O) groups excluding carboxylic acids is 3. The number of amides is 2. The Kier molecular flexibility index (Phi) is 14.7. The molecular weight excluding hydrogens is 833 g/mol. The van der Waals surface area contributed by atoms with Crippen molar-refractivity contribution in [1.29, 1.82) is 0 Å². The normalized spacial score (nSPS) is 16.6. The molecule has 2 amide bonds. The molecule has 9 nitrogen and oxygen atoms in total. The summed E-state index contributed by atoms with van der Waals surface area (Å²) in [6, 6.07) is 24.6. The first kappa shape index (κ1) is 44.7. The van der Waals surface area contributed by atoms with Gasteiger partial charge in [0.25, 0.3) is 0 Å². The highest BCUT2D eigenvalue weighted by Gasteiger charge is 2.35. The zero-order chi connectivity index (χ0) is 42.4. The molecule has 3 heterocycles. The number of ether oxygens (including phenoxy) is 2. The van der Waals surface area contributed by atoms with E-state index in [0.717, 1.165) is 64.8 Å². The van der Waals surface area contributed by atoms with Crippen molar-refractivity contribution in [2.45, 2.75) is 104 Å². The van der Waals surface area contributed by atoms with E-state index in [9.17, 15) is 14.4 Å². The molecule has 1 aromatic heterocycles. The van der Waals surface area contributed by atoms with Crippen molar-refractivity contribution in [3.63, 3.8) is 0 Å². The summed E-state index contributed by atoms with van der Waals surface area (Å²) in [7, 11) is 0. The summed E-state index contributed by atoms with van der Waals surface area (Å²) < 4.78 is 10.9. The number of ketones is 1. The maximum Gasteiger partial charge on any atom is 0.410 e. The topological polar surface area (TPSA) is 115 Å². The molecule has 2 atom stereocenters. The van der Waals surface area contributed by atoms with E-state index >= 15 is 0 Å². The van der Waals surface area contributed by atoms with E-state index < -0.39 is 11.2 Å². The molecule has 308 valence electrons. The van der Waals surface area contributed by atoms with Crippen molar-refractivity contribution >= 4 is 84.0 Å². The smallest absolute Gasteiger partial charge is 0.410 e. The van der Waals surface area contributed by atoms with Crippen LogP contribution in [0.5, 0.6) is 0 Å². The molecule has 0 saturated carbocycles. The first-order valence-corrected chi connectivity index (χ1v) is 22.1. The van der Waals surface area contributed by atoms with Crippen LogP contribution in [0, 0.1) is 13.8 Å². The first-order valence-electron chi connectivity index (χ1n) is 19.7. The van der Waals surface area contributed by atoms with Gasteiger partial charge in [0.2, 0.25) is 0 Å². The zero-order valence-electron chi connectivity index (χ0n) is 34.8. The van der Waals surface area contributed by atoms with Crippen LogP contribution < -0.4 is 5.73 Å². The summed E-state index contributed by atoms with van der Waals surface area (Å²) in [6.45, 7) is 16.7. The average molecular weight is 888 g/mol. The molecule has 2 aliphatic rings. The molecule has 12 heteroatoms. The highest BCUT2D eigenvalue weighted by Crippen LogP contribution is 2.39. The summed E-state index contributed by atoms with van der Waals surface area (Å²) in [5.74, 6) is 0.143. The second-order valence-electron chi connectivity index (χ2n) is 16.7. The fourth-order valence-corrected chi connectivity index (χ4v) is 8.74. The van der Waals surface area contributed by atoms with Gasteiger partial charge in [0.15, 0.2) is 5.78 Å². The molecule has 0 spiro atoms. The quantitative estimate of drug-likeness (QED) is 0.105. The van der Waals surface area contributed by atoms with Crippen molar-refractivity contribution in [3.05, 3.63) is 99.9 Å². The SMILES string of the molecule is CC(C)(C)OC(=O)N1CCC[C@H]1C(N)=S.Cc1ccc2ccccc2c1-c1csc([C@@H]2CCCN2C(=O)OC(C)(C)C)n1.Cc1ccc2ccccc2c1C(=O)CBr. The van der Waals surface area contributed by atoms with E-state index in [1.807, 2.05) is 83.7 Å². The van der Waals surface area contributed by atoms with Gasteiger partial charge in [-0.2, -0.15) is 0 Å².